The third-order valence-electron chi connectivity index (χ3n) is 5.20. The van der Waals surface area contributed by atoms with Gasteiger partial charge in [-0.3, -0.25) is 0 Å². The topological polar surface area (TPSA) is 70.6 Å². The van der Waals surface area contributed by atoms with E-state index in [0.29, 0.717) is 24.3 Å². The van der Waals surface area contributed by atoms with E-state index in [1.54, 1.807) is 12.4 Å². The number of nitrogens with one attached hydrogen (secondary N) is 1. The summed E-state index contributed by atoms with van der Waals surface area (Å²) in [7, 11) is 3.84. The Labute approximate surface area is 156 Å². The monoisotopic (exact) mass is 361 g/mol. The van der Waals surface area contributed by atoms with Gasteiger partial charge < -0.3 is 19.9 Å². The number of hydrogen-bond donors (Lipinski definition) is 1. The van der Waals surface area contributed by atoms with Crippen LogP contribution in [0.5, 0.6) is 5.88 Å². The van der Waals surface area contributed by atoms with Crippen molar-refractivity contribution in [1.29, 1.82) is 0 Å². The summed E-state index contributed by atoms with van der Waals surface area (Å²) in [6.45, 7) is 1.39. The molecule has 7 heteroatoms. The zero-order chi connectivity index (χ0) is 18.4. The highest BCUT2D eigenvalue weighted by atomic mass is 16.5. The highest BCUT2D eigenvalue weighted by Gasteiger charge is 2.27. The molecule has 0 bridgehead atoms. The fourth-order valence-corrected chi connectivity index (χ4v) is 3.77. The lowest BCUT2D eigenvalue weighted by Crippen LogP contribution is -2.51. The summed E-state index contributed by atoms with van der Waals surface area (Å²) in [5, 5.41) is 3.24. The van der Waals surface area contributed by atoms with Crippen LogP contribution in [-0.2, 0) is 0 Å². The molecule has 144 valence electrons. The highest BCUT2D eigenvalue weighted by Crippen LogP contribution is 2.24. The lowest BCUT2D eigenvalue weighted by Gasteiger charge is -2.34. The Morgan fingerprint density at radius 3 is 2.58 bits per heavy atom. The maximum Gasteiger partial charge on any atom is 0.317 e. The summed E-state index contributed by atoms with van der Waals surface area (Å²) in [5.41, 5.74) is 0. The Morgan fingerprint density at radius 1 is 1.12 bits per heavy atom. The number of carbonyl (C=O) groups is 1. The fraction of sp³-hybridized carbons (Fsp3) is 0.737. The average molecular weight is 361 g/mol. The number of piperidine rings is 1. The molecule has 2 heterocycles. The first-order valence-corrected chi connectivity index (χ1v) is 9.84. The van der Waals surface area contributed by atoms with Gasteiger partial charge in [0, 0.05) is 39.1 Å². The van der Waals surface area contributed by atoms with Crippen LogP contribution in [-0.4, -0.2) is 60.2 Å². The number of rotatable bonds is 4. The van der Waals surface area contributed by atoms with Crippen molar-refractivity contribution in [3.8, 4) is 5.88 Å². The maximum atomic E-state index is 12.7. The Morgan fingerprint density at radius 2 is 1.85 bits per heavy atom. The zero-order valence-corrected chi connectivity index (χ0v) is 16.0. The second kappa shape index (κ2) is 9.05. The van der Waals surface area contributed by atoms with E-state index in [1.165, 1.54) is 25.7 Å². The van der Waals surface area contributed by atoms with Crippen LogP contribution >= 0.6 is 0 Å². The number of aromatic nitrogens is 2. The molecule has 1 aliphatic heterocycles. The van der Waals surface area contributed by atoms with Gasteiger partial charge in [-0.1, -0.05) is 25.7 Å². The SMILES string of the molecule is CN(C)c1nccnc1OC1CCCN(C(=O)NC2CCCCCC2)C1. The van der Waals surface area contributed by atoms with Crippen LogP contribution in [0, 0.1) is 0 Å². The first kappa shape index (κ1) is 18.7. The van der Waals surface area contributed by atoms with Gasteiger partial charge in [-0.05, 0) is 25.7 Å². The minimum atomic E-state index is -0.0426. The number of likely N-dealkylation sites (tertiary alicyclic amines) is 1. The van der Waals surface area contributed by atoms with Crippen molar-refractivity contribution in [2.45, 2.75) is 63.5 Å². The van der Waals surface area contributed by atoms with Crippen molar-refractivity contribution in [2.75, 3.05) is 32.1 Å². The van der Waals surface area contributed by atoms with Crippen LogP contribution in [0.1, 0.15) is 51.4 Å². The zero-order valence-electron chi connectivity index (χ0n) is 16.0. The van der Waals surface area contributed by atoms with E-state index < -0.39 is 0 Å². The minimum absolute atomic E-state index is 0.0426. The molecule has 26 heavy (non-hydrogen) atoms. The molecule has 1 aromatic rings. The fourth-order valence-electron chi connectivity index (χ4n) is 3.77. The van der Waals surface area contributed by atoms with E-state index in [4.69, 9.17) is 4.74 Å². The molecule has 0 spiro atoms. The van der Waals surface area contributed by atoms with Crippen molar-refractivity contribution in [3.63, 3.8) is 0 Å². The number of urea groups is 1. The number of ether oxygens (including phenoxy) is 1. The lowest BCUT2D eigenvalue weighted by molar-refractivity contribution is 0.0965. The van der Waals surface area contributed by atoms with Crippen molar-refractivity contribution >= 4 is 11.8 Å². The highest BCUT2D eigenvalue weighted by molar-refractivity contribution is 5.74. The van der Waals surface area contributed by atoms with E-state index in [0.717, 1.165) is 32.2 Å². The molecule has 2 aliphatic rings. The third kappa shape index (κ3) is 4.99. The van der Waals surface area contributed by atoms with Crippen LogP contribution in [0.15, 0.2) is 12.4 Å². The van der Waals surface area contributed by atoms with Crippen LogP contribution in [0.25, 0.3) is 0 Å². The minimum Gasteiger partial charge on any atom is -0.470 e. The van der Waals surface area contributed by atoms with Gasteiger partial charge in [0.05, 0.1) is 6.54 Å². The summed E-state index contributed by atoms with van der Waals surface area (Å²) in [6.07, 6.45) is 12.4. The van der Waals surface area contributed by atoms with Crippen molar-refractivity contribution in [3.05, 3.63) is 12.4 Å². The Kier molecular flexibility index (Phi) is 6.52. The normalized spacial score (nSPS) is 21.8. The van der Waals surface area contributed by atoms with Gasteiger partial charge >= 0.3 is 6.03 Å². The third-order valence-corrected chi connectivity index (χ3v) is 5.20. The van der Waals surface area contributed by atoms with Crippen LogP contribution < -0.4 is 15.0 Å². The van der Waals surface area contributed by atoms with Gasteiger partial charge in [0.2, 0.25) is 0 Å². The van der Waals surface area contributed by atoms with E-state index in [-0.39, 0.29) is 12.1 Å². The molecule has 1 atom stereocenters. The summed E-state index contributed by atoms with van der Waals surface area (Å²) >= 11 is 0. The largest absolute Gasteiger partial charge is 0.470 e. The van der Waals surface area contributed by atoms with Crippen molar-refractivity contribution in [2.24, 2.45) is 0 Å². The second-order valence-electron chi connectivity index (χ2n) is 7.55. The number of hydrogen-bond acceptors (Lipinski definition) is 5. The number of amides is 2. The molecule has 2 fully saturated rings. The standard InChI is InChI=1S/C19H31N5O2/c1-23(2)17-18(21-12-11-20-17)26-16-10-7-13-24(14-16)19(25)22-15-8-5-3-4-6-9-15/h11-12,15-16H,3-10,13-14H2,1-2H3,(H,22,25). The predicted octanol–water partition coefficient (Wildman–Crippen LogP) is 2.82. The first-order valence-electron chi connectivity index (χ1n) is 9.84. The molecule has 1 unspecified atom stereocenters. The molecule has 1 N–H and O–H groups in total. The molecule has 0 radical (unpaired) electrons. The number of nitrogens with zero attached hydrogens (tertiary/aromatic N) is 4. The van der Waals surface area contributed by atoms with Crippen LogP contribution in [0.2, 0.25) is 0 Å². The van der Waals surface area contributed by atoms with Crippen LogP contribution in [0.4, 0.5) is 10.6 Å². The maximum absolute atomic E-state index is 12.7. The Hall–Kier alpha value is -2.05. The quantitative estimate of drug-likeness (QED) is 0.835. The second-order valence-corrected chi connectivity index (χ2v) is 7.55. The predicted molar refractivity (Wildman–Crippen MR) is 102 cm³/mol. The van der Waals surface area contributed by atoms with Gasteiger partial charge in [-0.15, -0.1) is 0 Å². The van der Waals surface area contributed by atoms with E-state index in [2.05, 4.69) is 15.3 Å². The smallest absolute Gasteiger partial charge is 0.317 e. The molecule has 2 amide bonds. The van der Waals surface area contributed by atoms with Gasteiger partial charge in [-0.25, -0.2) is 14.8 Å². The molecule has 1 saturated carbocycles. The summed E-state index contributed by atoms with van der Waals surface area (Å²) in [5.74, 6) is 1.25. The molecular weight excluding hydrogens is 330 g/mol. The molecule has 1 aromatic heterocycles. The van der Waals surface area contributed by atoms with Gasteiger partial charge in [-0.2, -0.15) is 0 Å². The molecule has 0 aromatic carbocycles. The average Bonchev–Trinajstić information content (AvgIpc) is 2.91. The van der Waals surface area contributed by atoms with E-state index in [1.807, 2.05) is 23.9 Å². The lowest BCUT2D eigenvalue weighted by atomic mass is 10.1. The van der Waals surface area contributed by atoms with Crippen LogP contribution in [0.3, 0.4) is 0 Å². The number of anilines is 1. The van der Waals surface area contributed by atoms with Gasteiger partial charge in [0.1, 0.15) is 6.10 Å². The van der Waals surface area contributed by atoms with Crippen molar-refractivity contribution < 1.29 is 9.53 Å². The Balaban J connectivity index is 1.56. The van der Waals surface area contributed by atoms with Crippen molar-refractivity contribution in [1.82, 2.24) is 20.2 Å². The molecule has 1 saturated heterocycles. The summed E-state index contributed by atoms with van der Waals surface area (Å²) in [4.78, 5) is 25.1. The molecule has 3 rings (SSSR count). The Bertz CT molecular complexity index is 587. The van der Waals surface area contributed by atoms with E-state index >= 15 is 0 Å². The molecule has 7 nitrogen and oxygen atoms in total. The first-order chi connectivity index (χ1) is 12.6. The molecule has 1 aliphatic carbocycles. The summed E-state index contributed by atoms with van der Waals surface area (Å²) < 4.78 is 6.10. The molecular formula is C19H31N5O2. The number of carbonyl (C=O) groups excluding carboxylic acids is 1. The van der Waals surface area contributed by atoms with E-state index in [9.17, 15) is 4.79 Å². The van der Waals surface area contributed by atoms with Gasteiger partial charge in [0.25, 0.3) is 5.88 Å². The van der Waals surface area contributed by atoms with Gasteiger partial charge in [0.15, 0.2) is 5.82 Å². The summed E-state index contributed by atoms with van der Waals surface area (Å²) in [6, 6.07) is 0.379.